The number of rotatable bonds is 5. The first-order valence-corrected chi connectivity index (χ1v) is 6.22. The summed E-state index contributed by atoms with van der Waals surface area (Å²) >= 11 is 1.59. The van der Waals surface area contributed by atoms with E-state index in [2.05, 4.69) is 25.8 Å². The topological polar surface area (TPSA) is 112 Å². The zero-order chi connectivity index (χ0) is 13.0. The summed E-state index contributed by atoms with van der Waals surface area (Å²) in [6.45, 7) is 2.54. The van der Waals surface area contributed by atoms with Crippen molar-refractivity contribution >= 4 is 23.2 Å². The van der Waals surface area contributed by atoms with Crippen molar-refractivity contribution in [2.24, 2.45) is 0 Å². The molecule has 2 rings (SSSR count). The summed E-state index contributed by atoms with van der Waals surface area (Å²) < 4.78 is 1.24. The van der Waals surface area contributed by atoms with E-state index in [-0.39, 0.29) is 18.4 Å². The van der Waals surface area contributed by atoms with E-state index in [4.69, 9.17) is 5.73 Å². The van der Waals surface area contributed by atoms with Gasteiger partial charge >= 0.3 is 0 Å². The number of nitrogens with one attached hydrogen (secondary N) is 1. The average molecular weight is 267 g/mol. The van der Waals surface area contributed by atoms with Crippen molar-refractivity contribution in [3.8, 4) is 0 Å². The molecule has 0 saturated heterocycles. The fourth-order valence-corrected chi connectivity index (χ4v) is 2.18. The molecule has 0 radical (unpaired) electrons. The molecule has 0 aliphatic heterocycles. The molecule has 0 bridgehead atoms. The number of anilines is 1. The van der Waals surface area contributed by atoms with Crippen LogP contribution in [0.25, 0.3) is 0 Å². The Morgan fingerprint density at radius 2 is 2.44 bits per heavy atom. The highest BCUT2D eigenvalue weighted by molar-refractivity contribution is 7.09. The number of carbonyl (C=O) groups excluding carboxylic acids is 1. The minimum atomic E-state index is -0.170. The number of tetrazole rings is 1. The van der Waals surface area contributed by atoms with E-state index in [1.165, 1.54) is 9.56 Å². The van der Waals surface area contributed by atoms with Crippen molar-refractivity contribution < 1.29 is 4.79 Å². The summed E-state index contributed by atoms with van der Waals surface area (Å²) in [5.74, 6) is -0.0420. The summed E-state index contributed by atoms with van der Waals surface area (Å²) in [4.78, 5) is 16.9. The van der Waals surface area contributed by atoms with Gasteiger partial charge in [-0.3, -0.25) is 4.79 Å². The Labute approximate surface area is 107 Å². The second kappa shape index (κ2) is 5.54. The second-order valence-electron chi connectivity index (χ2n) is 3.66. The smallest absolute Gasteiger partial charge is 0.241 e. The molecule has 0 unspecified atom stereocenters. The maximum Gasteiger partial charge on any atom is 0.241 e. The Balaban J connectivity index is 1.76. The molecule has 2 heterocycles. The number of nitrogens with zero attached hydrogens (tertiary/aromatic N) is 5. The summed E-state index contributed by atoms with van der Waals surface area (Å²) in [7, 11) is 0. The van der Waals surface area contributed by atoms with E-state index in [0.29, 0.717) is 6.54 Å². The van der Waals surface area contributed by atoms with Crippen molar-refractivity contribution in [3.05, 3.63) is 16.1 Å². The minimum Gasteiger partial charge on any atom is -0.367 e. The molecule has 2 aromatic heterocycles. The van der Waals surface area contributed by atoms with Crippen LogP contribution in [0.1, 0.15) is 10.6 Å². The summed E-state index contributed by atoms with van der Waals surface area (Å²) in [6, 6.07) is 0. The molecule has 0 fully saturated rings. The zero-order valence-corrected chi connectivity index (χ0v) is 10.6. The third-order valence-electron chi connectivity index (χ3n) is 2.37. The van der Waals surface area contributed by atoms with Gasteiger partial charge in [0, 0.05) is 17.8 Å². The average Bonchev–Trinajstić information content (AvgIpc) is 2.90. The first kappa shape index (κ1) is 12.4. The van der Waals surface area contributed by atoms with Gasteiger partial charge in [0.25, 0.3) is 0 Å². The molecule has 0 aromatic carbocycles. The molecule has 0 saturated carbocycles. The molecule has 3 N–H and O–H groups in total. The van der Waals surface area contributed by atoms with Crippen molar-refractivity contribution in [2.75, 3.05) is 12.3 Å². The molecule has 9 heteroatoms. The number of nitrogen functional groups attached to an aromatic ring is 1. The maximum atomic E-state index is 11.6. The van der Waals surface area contributed by atoms with Crippen molar-refractivity contribution in [2.45, 2.75) is 19.9 Å². The van der Waals surface area contributed by atoms with Gasteiger partial charge in [0.1, 0.15) is 6.54 Å². The molecule has 2 aromatic rings. The number of thiazole rings is 1. The maximum absolute atomic E-state index is 11.6. The molecule has 18 heavy (non-hydrogen) atoms. The van der Waals surface area contributed by atoms with Gasteiger partial charge in [0.2, 0.25) is 11.9 Å². The van der Waals surface area contributed by atoms with E-state index in [9.17, 15) is 4.79 Å². The lowest BCUT2D eigenvalue weighted by molar-refractivity contribution is -0.121. The normalized spacial score (nSPS) is 10.5. The number of nitrogens with two attached hydrogens (primary N) is 1. The van der Waals surface area contributed by atoms with Gasteiger partial charge in [-0.15, -0.1) is 11.3 Å². The van der Waals surface area contributed by atoms with Crippen LogP contribution in [-0.2, 0) is 17.8 Å². The van der Waals surface area contributed by atoms with Gasteiger partial charge in [-0.2, -0.15) is 0 Å². The number of hydrogen-bond acceptors (Lipinski definition) is 7. The number of aromatic nitrogens is 5. The van der Waals surface area contributed by atoms with Crippen LogP contribution in [0.5, 0.6) is 0 Å². The molecule has 8 nitrogen and oxygen atoms in total. The lowest BCUT2D eigenvalue weighted by Gasteiger charge is -2.04. The molecule has 96 valence electrons. The van der Waals surface area contributed by atoms with E-state index >= 15 is 0 Å². The molecule has 0 atom stereocenters. The predicted octanol–water partition coefficient (Wildman–Crippen LogP) is -0.621. The monoisotopic (exact) mass is 267 g/mol. The minimum absolute atomic E-state index is 0.0283. The summed E-state index contributed by atoms with van der Waals surface area (Å²) in [5, 5.41) is 13.2. The van der Waals surface area contributed by atoms with Crippen LogP contribution in [0.3, 0.4) is 0 Å². The number of aryl methyl sites for hydroxylation is 1. The Morgan fingerprint density at radius 3 is 3.06 bits per heavy atom. The molecular formula is C9H13N7OS. The number of hydrogen-bond donors (Lipinski definition) is 2. The standard InChI is InChI=1S/C9H13N7OS/c1-6-7(18-5-12-6)2-3-11-8(17)4-16-9(10)13-14-15-16/h5H,2-4H2,1H3,(H,11,17)(H2,10,13,15). The second-order valence-corrected chi connectivity index (χ2v) is 4.59. The fourth-order valence-electron chi connectivity index (χ4n) is 1.40. The van der Waals surface area contributed by atoms with Crippen molar-refractivity contribution in [1.82, 2.24) is 30.5 Å². The number of amides is 1. The lowest BCUT2D eigenvalue weighted by Crippen LogP contribution is -2.30. The Hall–Kier alpha value is -2.03. The van der Waals surface area contributed by atoms with Gasteiger partial charge in [0.15, 0.2) is 0 Å². The van der Waals surface area contributed by atoms with Gasteiger partial charge in [-0.25, -0.2) is 9.67 Å². The highest BCUT2D eigenvalue weighted by Gasteiger charge is 2.08. The van der Waals surface area contributed by atoms with E-state index < -0.39 is 0 Å². The van der Waals surface area contributed by atoms with Crippen molar-refractivity contribution in [1.29, 1.82) is 0 Å². The first-order valence-electron chi connectivity index (χ1n) is 5.34. The molecule has 1 amide bonds. The van der Waals surface area contributed by atoms with Gasteiger partial charge in [0.05, 0.1) is 11.2 Å². The van der Waals surface area contributed by atoms with Gasteiger partial charge in [-0.05, 0) is 17.4 Å². The quantitative estimate of drug-likeness (QED) is 0.746. The third-order valence-corrected chi connectivity index (χ3v) is 3.37. The van der Waals surface area contributed by atoms with Crippen LogP contribution in [0.15, 0.2) is 5.51 Å². The van der Waals surface area contributed by atoms with Crippen LogP contribution < -0.4 is 11.1 Å². The fraction of sp³-hybridized carbons (Fsp3) is 0.444. The zero-order valence-electron chi connectivity index (χ0n) is 9.83. The summed E-state index contributed by atoms with van der Waals surface area (Å²) in [5.41, 5.74) is 8.27. The predicted molar refractivity (Wildman–Crippen MR) is 65.8 cm³/mol. The Kier molecular flexibility index (Phi) is 3.82. The number of carbonyl (C=O) groups is 1. The highest BCUT2D eigenvalue weighted by Crippen LogP contribution is 2.11. The van der Waals surface area contributed by atoms with E-state index in [1.54, 1.807) is 16.8 Å². The van der Waals surface area contributed by atoms with Crippen LogP contribution in [-0.4, -0.2) is 37.6 Å². The first-order chi connectivity index (χ1) is 8.66. The molecule has 0 spiro atoms. The SMILES string of the molecule is Cc1ncsc1CCNC(=O)Cn1nnnc1N. The van der Waals surface area contributed by atoms with Crippen LogP contribution in [0.4, 0.5) is 5.95 Å². The van der Waals surface area contributed by atoms with E-state index in [0.717, 1.165) is 12.1 Å². The highest BCUT2D eigenvalue weighted by atomic mass is 32.1. The van der Waals surface area contributed by atoms with Crippen molar-refractivity contribution in [3.63, 3.8) is 0 Å². The molecule has 0 aliphatic carbocycles. The van der Waals surface area contributed by atoms with Crippen LogP contribution in [0.2, 0.25) is 0 Å². The van der Waals surface area contributed by atoms with E-state index in [1.807, 2.05) is 6.92 Å². The van der Waals surface area contributed by atoms with Gasteiger partial charge in [-0.1, -0.05) is 5.10 Å². The molecular weight excluding hydrogens is 254 g/mol. The van der Waals surface area contributed by atoms with Gasteiger partial charge < -0.3 is 11.1 Å². The Bertz CT molecular complexity index is 535. The lowest BCUT2D eigenvalue weighted by atomic mass is 10.3. The largest absolute Gasteiger partial charge is 0.367 e. The van der Waals surface area contributed by atoms with Crippen LogP contribution in [0, 0.1) is 6.92 Å². The third kappa shape index (κ3) is 3.00. The summed E-state index contributed by atoms with van der Waals surface area (Å²) in [6.07, 6.45) is 0.771. The molecule has 0 aliphatic rings. The van der Waals surface area contributed by atoms with Crippen LogP contribution >= 0.6 is 11.3 Å². The Morgan fingerprint density at radius 1 is 1.61 bits per heavy atom.